The number of ether oxygens (including phenoxy) is 1. The van der Waals surface area contributed by atoms with E-state index in [2.05, 4.69) is 52.0 Å². The minimum absolute atomic E-state index is 0.0240. The Kier molecular flexibility index (Phi) is 7.10. The standard InChI is InChI=1S/C34H43Cl2N7O2/c1-5-28(44)41-18-34(19-41)10-24(11-34)43-20(2)29(30-25-12-37-38-27(25)8-26(35)31(30)36)32(39-43)42-7-6-21(9-33(42,3)4)13-40-14-22-16-45-17-23(22)15-40/h5,8,12,21-24H,1,6-7,9-11,13-19H2,2-4H3,(H,37,38). The molecule has 8 rings (SSSR count). The highest BCUT2D eigenvalue weighted by molar-refractivity contribution is 6.45. The third-order valence-electron chi connectivity index (χ3n) is 11.6. The third kappa shape index (κ3) is 4.83. The Hall–Kier alpha value is -2.59. The number of halogens is 2. The molecule has 1 amide bonds. The van der Waals surface area contributed by atoms with E-state index in [9.17, 15) is 4.79 Å². The SMILES string of the molecule is C=CC(=O)N1CC2(CC(n3nc(N4CCC(CN5CC6COCC6C5)CC4(C)C)c(-c4c(Cl)c(Cl)cc5[nH]ncc45)c3C)C2)C1. The van der Waals surface area contributed by atoms with Crippen LogP contribution in [0.5, 0.6) is 0 Å². The van der Waals surface area contributed by atoms with Crippen molar-refractivity contribution in [3.8, 4) is 11.1 Å². The van der Waals surface area contributed by atoms with Crippen molar-refractivity contribution in [1.29, 1.82) is 0 Å². The first-order valence-corrected chi connectivity index (χ1v) is 17.2. The molecule has 1 saturated carbocycles. The number of likely N-dealkylation sites (tertiary alicyclic amines) is 2. The maximum absolute atomic E-state index is 12.1. The lowest BCUT2D eigenvalue weighted by atomic mass is 9.60. The van der Waals surface area contributed by atoms with Crippen molar-refractivity contribution < 1.29 is 9.53 Å². The number of benzene rings is 1. The number of carbonyl (C=O) groups is 1. The monoisotopic (exact) mass is 651 g/mol. The summed E-state index contributed by atoms with van der Waals surface area (Å²) in [7, 11) is 0. The predicted octanol–water partition coefficient (Wildman–Crippen LogP) is 5.96. The zero-order valence-corrected chi connectivity index (χ0v) is 28.0. The Morgan fingerprint density at radius 2 is 1.89 bits per heavy atom. The van der Waals surface area contributed by atoms with Crippen LogP contribution in [0, 0.1) is 30.1 Å². The molecule has 6 heterocycles. The van der Waals surface area contributed by atoms with Crippen LogP contribution in [0.1, 0.15) is 51.3 Å². The Bertz CT molecular complexity index is 1650. The van der Waals surface area contributed by atoms with Gasteiger partial charge in [-0.3, -0.25) is 14.6 Å². The van der Waals surface area contributed by atoms with E-state index in [1.807, 2.05) is 17.2 Å². The molecular formula is C34H43Cl2N7O2. The highest BCUT2D eigenvalue weighted by atomic mass is 35.5. The Balaban J connectivity index is 1.11. The second kappa shape index (κ2) is 10.7. The van der Waals surface area contributed by atoms with Gasteiger partial charge in [0.2, 0.25) is 5.91 Å². The summed E-state index contributed by atoms with van der Waals surface area (Å²) >= 11 is 13.8. The van der Waals surface area contributed by atoms with E-state index in [1.54, 1.807) is 0 Å². The van der Waals surface area contributed by atoms with E-state index in [4.69, 9.17) is 33.0 Å². The minimum Gasteiger partial charge on any atom is -0.381 e. The molecule has 0 radical (unpaired) electrons. The van der Waals surface area contributed by atoms with Gasteiger partial charge in [0, 0.05) is 84.3 Å². The van der Waals surface area contributed by atoms with Gasteiger partial charge in [-0.15, -0.1) is 0 Å². The van der Waals surface area contributed by atoms with Crippen molar-refractivity contribution in [3.05, 3.63) is 40.7 Å². The summed E-state index contributed by atoms with van der Waals surface area (Å²) in [5, 5.41) is 14.9. The smallest absolute Gasteiger partial charge is 0.245 e. The van der Waals surface area contributed by atoms with Crippen LogP contribution in [0.25, 0.3) is 22.0 Å². The van der Waals surface area contributed by atoms with Crippen molar-refractivity contribution in [2.45, 2.75) is 58.0 Å². The summed E-state index contributed by atoms with van der Waals surface area (Å²) in [6.07, 6.45) is 7.51. The van der Waals surface area contributed by atoms with E-state index >= 15 is 0 Å². The molecule has 1 N–H and O–H groups in total. The molecule has 0 bridgehead atoms. The zero-order chi connectivity index (χ0) is 31.2. The molecule has 45 heavy (non-hydrogen) atoms. The van der Waals surface area contributed by atoms with Gasteiger partial charge in [-0.2, -0.15) is 10.2 Å². The number of aromatic amines is 1. The largest absolute Gasteiger partial charge is 0.381 e. The molecule has 1 spiro atoms. The van der Waals surface area contributed by atoms with Crippen LogP contribution < -0.4 is 4.90 Å². The molecule has 3 aromatic rings. The molecular weight excluding hydrogens is 609 g/mol. The van der Waals surface area contributed by atoms with E-state index in [0.29, 0.717) is 27.8 Å². The van der Waals surface area contributed by atoms with E-state index in [-0.39, 0.29) is 22.9 Å². The van der Waals surface area contributed by atoms with Crippen molar-refractivity contribution in [1.82, 2.24) is 29.8 Å². The lowest BCUT2D eigenvalue weighted by Crippen LogP contribution is -2.63. The Morgan fingerprint density at radius 1 is 1.16 bits per heavy atom. The van der Waals surface area contributed by atoms with Crippen LogP contribution in [0.2, 0.25) is 10.0 Å². The lowest BCUT2D eigenvalue weighted by Gasteiger charge is -2.58. The topological polar surface area (TPSA) is 82.5 Å². The number of nitrogens with zero attached hydrogens (tertiary/aromatic N) is 6. The van der Waals surface area contributed by atoms with Gasteiger partial charge in [0.15, 0.2) is 5.82 Å². The Labute approximate surface area is 274 Å². The van der Waals surface area contributed by atoms with Crippen molar-refractivity contribution in [2.24, 2.45) is 23.2 Å². The average molecular weight is 653 g/mol. The summed E-state index contributed by atoms with van der Waals surface area (Å²) in [5.41, 5.74) is 3.99. The van der Waals surface area contributed by atoms with Gasteiger partial charge >= 0.3 is 0 Å². The van der Waals surface area contributed by atoms with Crippen LogP contribution in [0.15, 0.2) is 24.9 Å². The summed E-state index contributed by atoms with van der Waals surface area (Å²) in [6, 6.07) is 2.13. The number of rotatable bonds is 6. The van der Waals surface area contributed by atoms with Gasteiger partial charge in [-0.1, -0.05) is 29.8 Å². The molecule has 4 aliphatic heterocycles. The molecule has 5 aliphatic rings. The van der Waals surface area contributed by atoms with Crippen molar-refractivity contribution >= 4 is 45.8 Å². The van der Waals surface area contributed by atoms with Gasteiger partial charge in [0.05, 0.1) is 41.0 Å². The number of nitrogens with one attached hydrogen (secondary N) is 1. The zero-order valence-electron chi connectivity index (χ0n) is 26.5. The molecule has 240 valence electrons. The Morgan fingerprint density at radius 3 is 2.58 bits per heavy atom. The molecule has 5 fully saturated rings. The second-order valence-electron chi connectivity index (χ2n) is 15.2. The van der Waals surface area contributed by atoms with Crippen LogP contribution in [-0.4, -0.2) is 93.7 Å². The molecule has 1 aliphatic carbocycles. The summed E-state index contributed by atoms with van der Waals surface area (Å²) in [4.78, 5) is 19.2. The number of fused-ring (bicyclic) bond motifs is 2. The number of aromatic nitrogens is 4. The van der Waals surface area contributed by atoms with Crippen LogP contribution in [0.3, 0.4) is 0 Å². The minimum atomic E-state index is -0.0943. The van der Waals surface area contributed by atoms with Crippen molar-refractivity contribution in [3.63, 3.8) is 0 Å². The van der Waals surface area contributed by atoms with Gasteiger partial charge in [0.1, 0.15) is 0 Å². The normalized spacial score (nSPS) is 27.6. The first kappa shape index (κ1) is 29.8. The molecule has 4 saturated heterocycles. The third-order valence-corrected chi connectivity index (χ3v) is 12.4. The summed E-state index contributed by atoms with van der Waals surface area (Å²) in [6.45, 7) is 18.5. The van der Waals surface area contributed by atoms with Gasteiger partial charge in [-0.25, -0.2) is 0 Å². The number of H-pyrrole nitrogens is 1. The number of piperidine rings is 1. The fourth-order valence-electron chi connectivity index (χ4n) is 9.42. The maximum atomic E-state index is 12.1. The molecule has 2 aromatic heterocycles. The molecule has 11 heteroatoms. The van der Waals surface area contributed by atoms with Crippen LogP contribution in [0.4, 0.5) is 5.82 Å². The maximum Gasteiger partial charge on any atom is 0.245 e. The highest BCUT2D eigenvalue weighted by Gasteiger charge is 2.55. The fourth-order valence-corrected chi connectivity index (χ4v) is 9.87. The molecule has 1 aromatic carbocycles. The average Bonchev–Trinajstić information content (AvgIpc) is 3.73. The number of hydrogen-bond donors (Lipinski definition) is 1. The van der Waals surface area contributed by atoms with Gasteiger partial charge in [0.25, 0.3) is 0 Å². The summed E-state index contributed by atoms with van der Waals surface area (Å²) < 4.78 is 7.97. The summed E-state index contributed by atoms with van der Waals surface area (Å²) in [5.74, 6) is 3.07. The lowest BCUT2D eigenvalue weighted by molar-refractivity contribution is -0.149. The molecule has 3 unspecified atom stereocenters. The van der Waals surface area contributed by atoms with Gasteiger partial charge < -0.3 is 19.4 Å². The van der Waals surface area contributed by atoms with E-state index in [0.717, 1.165) is 98.6 Å². The molecule has 9 nitrogen and oxygen atoms in total. The predicted molar refractivity (Wildman–Crippen MR) is 178 cm³/mol. The van der Waals surface area contributed by atoms with Crippen LogP contribution in [-0.2, 0) is 9.53 Å². The quantitative estimate of drug-likeness (QED) is 0.331. The first-order chi connectivity index (χ1) is 21.6. The first-order valence-electron chi connectivity index (χ1n) is 16.5. The van der Waals surface area contributed by atoms with Gasteiger partial charge in [-0.05, 0) is 64.5 Å². The molecule has 3 atom stereocenters. The number of amides is 1. The number of anilines is 1. The highest BCUT2D eigenvalue weighted by Crippen LogP contribution is 2.56. The number of carbonyl (C=O) groups excluding carboxylic acids is 1. The second-order valence-corrected chi connectivity index (χ2v) is 16.0. The van der Waals surface area contributed by atoms with E-state index in [1.165, 1.54) is 19.2 Å². The number of hydrogen-bond acceptors (Lipinski definition) is 6. The van der Waals surface area contributed by atoms with Crippen molar-refractivity contribution in [2.75, 3.05) is 57.4 Å². The van der Waals surface area contributed by atoms with Crippen LogP contribution >= 0.6 is 23.2 Å². The van der Waals surface area contributed by atoms with E-state index < -0.39 is 0 Å². The fraction of sp³-hybridized carbons (Fsp3) is 0.618.